The summed E-state index contributed by atoms with van der Waals surface area (Å²) in [5.74, 6) is 0.697. The fourth-order valence-corrected chi connectivity index (χ4v) is 2.65. The quantitative estimate of drug-likeness (QED) is 0.857. The van der Waals surface area contributed by atoms with Crippen LogP contribution in [0.4, 0.5) is 5.69 Å². The number of carbonyl (C=O) groups is 1. The SMILES string of the molecule is CNc1ccc(C(=O)NC(C)C2CCCC2)cc1. The van der Waals surface area contributed by atoms with Crippen LogP contribution in [0.15, 0.2) is 24.3 Å². The van der Waals surface area contributed by atoms with Crippen LogP contribution < -0.4 is 10.6 Å². The zero-order valence-corrected chi connectivity index (χ0v) is 11.2. The molecule has 18 heavy (non-hydrogen) atoms. The molecule has 1 aromatic carbocycles. The van der Waals surface area contributed by atoms with Crippen LogP contribution in [-0.4, -0.2) is 19.0 Å². The summed E-state index contributed by atoms with van der Waals surface area (Å²) in [5.41, 5.74) is 1.76. The van der Waals surface area contributed by atoms with Gasteiger partial charge < -0.3 is 10.6 Å². The third-order valence-electron chi connectivity index (χ3n) is 3.90. The second kappa shape index (κ2) is 5.89. The van der Waals surface area contributed by atoms with Crippen LogP contribution in [0.25, 0.3) is 0 Å². The molecule has 2 rings (SSSR count). The maximum atomic E-state index is 12.1. The van der Waals surface area contributed by atoms with Gasteiger partial charge in [0.1, 0.15) is 0 Å². The summed E-state index contributed by atoms with van der Waals surface area (Å²) in [6.45, 7) is 2.12. The van der Waals surface area contributed by atoms with Gasteiger partial charge in [-0.25, -0.2) is 0 Å². The van der Waals surface area contributed by atoms with Gasteiger partial charge in [0.05, 0.1) is 0 Å². The fraction of sp³-hybridized carbons (Fsp3) is 0.533. The molecule has 0 radical (unpaired) electrons. The van der Waals surface area contributed by atoms with Crippen molar-refractivity contribution in [1.29, 1.82) is 0 Å². The predicted octanol–water partition coefficient (Wildman–Crippen LogP) is 3.04. The van der Waals surface area contributed by atoms with E-state index < -0.39 is 0 Å². The summed E-state index contributed by atoms with van der Waals surface area (Å²) >= 11 is 0. The van der Waals surface area contributed by atoms with Crippen molar-refractivity contribution < 1.29 is 4.79 Å². The van der Waals surface area contributed by atoms with E-state index in [0.717, 1.165) is 11.3 Å². The summed E-state index contributed by atoms with van der Waals surface area (Å²) in [7, 11) is 1.87. The number of amides is 1. The first-order chi connectivity index (χ1) is 8.70. The zero-order valence-electron chi connectivity index (χ0n) is 11.2. The van der Waals surface area contributed by atoms with E-state index in [4.69, 9.17) is 0 Å². The molecule has 1 unspecified atom stereocenters. The van der Waals surface area contributed by atoms with Gasteiger partial charge in [-0.1, -0.05) is 12.8 Å². The Morgan fingerprint density at radius 2 is 1.83 bits per heavy atom. The second-order valence-corrected chi connectivity index (χ2v) is 5.13. The zero-order chi connectivity index (χ0) is 13.0. The number of nitrogens with one attached hydrogen (secondary N) is 2. The molecule has 0 aliphatic heterocycles. The van der Waals surface area contributed by atoms with Crippen molar-refractivity contribution >= 4 is 11.6 Å². The molecule has 98 valence electrons. The highest BCUT2D eigenvalue weighted by Crippen LogP contribution is 2.27. The number of hydrogen-bond donors (Lipinski definition) is 2. The molecular formula is C15H22N2O. The lowest BCUT2D eigenvalue weighted by Gasteiger charge is -2.20. The van der Waals surface area contributed by atoms with Crippen LogP contribution in [0.3, 0.4) is 0 Å². The summed E-state index contributed by atoms with van der Waals surface area (Å²) in [6.07, 6.45) is 5.11. The maximum absolute atomic E-state index is 12.1. The maximum Gasteiger partial charge on any atom is 0.251 e. The van der Waals surface area contributed by atoms with Crippen LogP contribution in [-0.2, 0) is 0 Å². The lowest BCUT2D eigenvalue weighted by atomic mass is 9.99. The lowest BCUT2D eigenvalue weighted by Crippen LogP contribution is -2.37. The number of rotatable bonds is 4. The number of anilines is 1. The standard InChI is InChI=1S/C15H22N2O/c1-11(12-5-3-4-6-12)17-15(18)13-7-9-14(16-2)10-8-13/h7-12,16H,3-6H2,1-2H3,(H,17,18). The number of benzene rings is 1. The van der Waals surface area contributed by atoms with Gasteiger partial charge in [0, 0.05) is 24.3 Å². The van der Waals surface area contributed by atoms with Crippen molar-refractivity contribution in [3.8, 4) is 0 Å². The lowest BCUT2D eigenvalue weighted by molar-refractivity contribution is 0.0927. The summed E-state index contributed by atoms with van der Waals surface area (Å²) < 4.78 is 0. The first-order valence-electron chi connectivity index (χ1n) is 6.79. The topological polar surface area (TPSA) is 41.1 Å². The molecule has 0 saturated heterocycles. The third kappa shape index (κ3) is 3.03. The summed E-state index contributed by atoms with van der Waals surface area (Å²) in [5, 5.41) is 6.16. The monoisotopic (exact) mass is 246 g/mol. The molecule has 3 nitrogen and oxygen atoms in total. The van der Waals surface area contributed by atoms with E-state index in [1.807, 2.05) is 31.3 Å². The van der Waals surface area contributed by atoms with Crippen LogP contribution in [0, 0.1) is 5.92 Å². The molecule has 1 aromatic rings. The van der Waals surface area contributed by atoms with Gasteiger partial charge in [0.15, 0.2) is 0 Å². The van der Waals surface area contributed by atoms with Gasteiger partial charge in [-0.3, -0.25) is 4.79 Å². The molecule has 0 aromatic heterocycles. The van der Waals surface area contributed by atoms with Gasteiger partial charge >= 0.3 is 0 Å². The van der Waals surface area contributed by atoms with Gasteiger partial charge in [-0.05, 0) is 49.9 Å². The molecule has 1 aliphatic carbocycles. The van der Waals surface area contributed by atoms with E-state index in [-0.39, 0.29) is 11.9 Å². The summed E-state index contributed by atoms with van der Waals surface area (Å²) in [4.78, 5) is 12.1. The minimum Gasteiger partial charge on any atom is -0.388 e. The normalized spacial score (nSPS) is 17.4. The van der Waals surface area contributed by atoms with Crippen molar-refractivity contribution in [2.45, 2.75) is 38.6 Å². The molecule has 0 spiro atoms. The minimum absolute atomic E-state index is 0.0389. The molecule has 2 N–H and O–H groups in total. The first-order valence-corrected chi connectivity index (χ1v) is 6.79. The molecule has 1 atom stereocenters. The van der Waals surface area contributed by atoms with Crippen LogP contribution >= 0.6 is 0 Å². The minimum atomic E-state index is 0.0389. The average Bonchev–Trinajstić information content (AvgIpc) is 2.92. The molecule has 3 heteroatoms. The molecule has 1 saturated carbocycles. The van der Waals surface area contributed by atoms with Gasteiger partial charge in [-0.2, -0.15) is 0 Å². The van der Waals surface area contributed by atoms with E-state index >= 15 is 0 Å². The van der Waals surface area contributed by atoms with Crippen molar-refractivity contribution in [1.82, 2.24) is 5.32 Å². The smallest absolute Gasteiger partial charge is 0.251 e. The third-order valence-corrected chi connectivity index (χ3v) is 3.90. The predicted molar refractivity (Wildman–Crippen MR) is 74.9 cm³/mol. The number of hydrogen-bond acceptors (Lipinski definition) is 2. The van der Waals surface area contributed by atoms with Gasteiger partial charge in [0.25, 0.3) is 5.91 Å². The Bertz CT molecular complexity index is 393. The highest BCUT2D eigenvalue weighted by molar-refractivity contribution is 5.94. The van der Waals surface area contributed by atoms with Crippen LogP contribution in [0.5, 0.6) is 0 Å². The highest BCUT2D eigenvalue weighted by atomic mass is 16.1. The van der Waals surface area contributed by atoms with Gasteiger partial charge in [-0.15, -0.1) is 0 Å². The van der Waals surface area contributed by atoms with Gasteiger partial charge in [0.2, 0.25) is 0 Å². The van der Waals surface area contributed by atoms with E-state index in [9.17, 15) is 4.79 Å². The molecule has 1 fully saturated rings. The van der Waals surface area contributed by atoms with Crippen molar-refractivity contribution in [3.63, 3.8) is 0 Å². The molecule has 0 heterocycles. The molecular weight excluding hydrogens is 224 g/mol. The molecule has 0 bridgehead atoms. The largest absolute Gasteiger partial charge is 0.388 e. The molecule has 1 amide bonds. The van der Waals surface area contributed by atoms with E-state index in [0.29, 0.717) is 5.92 Å². The summed E-state index contributed by atoms with van der Waals surface area (Å²) in [6, 6.07) is 7.86. The number of carbonyl (C=O) groups excluding carboxylic acids is 1. The second-order valence-electron chi connectivity index (χ2n) is 5.13. The average molecular weight is 246 g/mol. The van der Waals surface area contributed by atoms with Crippen LogP contribution in [0.1, 0.15) is 43.0 Å². The first kappa shape index (κ1) is 12.9. The van der Waals surface area contributed by atoms with Crippen molar-refractivity contribution in [2.75, 3.05) is 12.4 Å². The Kier molecular flexibility index (Phi) is 4.24. The van der Waals surface area contributed by atoms with E-state index in [2.05, 4.69) is 17.6 Å². The van der Waals surface area contributed by atoms with Crippen molar-refractivity contribution in [2.24, 2.45) is 5.92 Å². The molecule has 1 aliphatic rings. The Balaban J connectivity index is 1.93. The Morgan fingerprint density at radius 3 is 2.39 bits per heavy atom. The Hall–Kier alpha value is -1.51. The van der Waals surface area contributed by atoms with E-state index in [1.54, 1.807) is 0 Å². The Morgan fingerprint density at radius 1 is 1.22 bits per heavy atom. The Labute approximate surface area is 109 Å². The van der Waals surface area contributed by atoms with E-state index in [1.165, 1.54) is 25.7 Å². The van der Waals surface area contributed by atoms with Crippen molar-refractivity contribution in [3.05, 3.63) is 29.8 Å². The van der Waals surface area contributed by atoms with Crippen LogP contribution in [0.2, 0.25) is 0 Å². The highest BCUT2D eigenvalue weighted by Gasteiger charge is 2.22. The fourth-order valence-electron chi connectivity index (χ4n) is 2.65.